The molecule has 0 atom stereocenters. The van der Waals surface area contributed by atoms with Crippen LogP contribution in [-0.4, -0.2) is 35.1 Å². The minimum Gasteiger partial charge on any atom is -0.480 e. The lowest BCUT2D eigenvalue weighted by Crippen LogP contribution is -2.40. The molecule has 0 spiro atoms. The molecule has 1 aromatic carbocycles. The SMILES string of the molecule is Cc1ccc(NC(=O)N(CC(=O)O)CC(C)C)cc1. The summed E-state index contributed by atoms with van der Waals surface area (Å²) in [5.74, 6) is -0.803. The third-order valence-corrected chi connectivity index (χ3v) is 2.50. The number of carboxylic acids is 1. The molecule has 0 aliphatic heterocycles. The first-order chi connectivity index (χ1) is 8.88. The molecule has 0 unspecified atom stereocenters. The van der Waals surface area contributed by atoms with E-state index in [0.29, 0.717) is 12.2 Å². The first kappa shape index (κ1) is 15.0. The average Bonchev–Trinajstić information content (AvgIpc) is 2.30. The fourth-order valence-corrected chi connectivity index (χ4v) is 1.66. The number of urea groups is 1. The molecule has 0 saturated heterocycles. The Bertz CT molecular complexity index is 441. The monoisotopic (exact) mass is 264 g/mol. The van der Waals surface area contributed by atoms with E-state index >= 15 is 0 Å². The minimum atomic E-state index is -1.01. The number of nitrogens with one attached hydrogen (secondary N) is 1. The van der Waals surface area contributed by atoms with Gasteiger partial charge in [-0.3, -0.25) is 4.79 Å². The van der Waals surface area contributed by atoms with Crippen LogP contribution in [0.1, 0.15) is 19.4 Å². The van der Waals surface area contributed by atoms with Gasteiger partial charge >= 0.3 is 12.0 Å². The molecule has 2 amide bonds. The summed E-state index contributed by atoms with van der Waals surface area (Å²) in [5, 5.41) is 11.5. The number of rotatable bonds is 5. The molecule has 0 fully saturated rings. The number of anilines is 1. The van der Waals surface area contributed by atoms with Crippen molar-refractivity contribution in [1.29, 1.82) is 0 Å². The topological polar surface area (TPSA) is 69.6 Å². The van der Waals surface area contributed by atoms with Crippen LogP contribution in [0.25, 0.3) is 0 Å². The van der Waals surface area contributed by atoms with E-state index in [1.165, 1.54) is 4.90 Å². The fourth-order valence-electron chi connectivity index (χ4n) is 1.66. The Kier molecular flexibility index (Phi) is 5.36. The van der Waals surface area contributed by atoms with Gasteiger partial charge < -0.3 is 15.3 Å². The van der Waals surface area contributed by atoms with Crippen LogP contribution in [0.5, 0.6) is 0 Å². The van der Waals surface area contributed by atoms with Gasteiger partial charge in [0, 0.05) is 12.2 Å². The van der Waals surface area contributed by atoms with Gasteiger partial charge in [0.2, 0.25) is 0 Å². The largest absolute Gasteiger partial charge is 0.480 e. The third kappa shape index (κ3) is 5.42. The van der Waals surface area contributed by atoms with Crippen molar-refractivity contribution >= 4 is 17.7 Å². The predicted octanol–water partition coefficient (Wildman–Crippen LogP) is 2.57. The van der Waals surface area contributed by atoms with Gasteiger partial charge in [-0.25, -0.2) is 4.79 Å². The van der Waals surface area contributed by atoms with Crippen molar-refractivity contribution in [2.75, 3.05) is 18.4 Å². The van der Waals surface area contributed by atoms with Crippen molar-refractivity contribution in [3.8, 4) is 0 Å². The fraction of sp³-hybridized carbons (Fsp3) is 0.429. The zero-order chi connectivity index (χ0) is 14.4. The molecule has 0 aromatic heterocycles. The molecular weight excluding hydrogens is 244 g/mol. The number of carbonyl (C=O) groups is 2. The van der Waals surface area contributed by atoms with E-state index in [4.69, 9.17) is 5.11 Å². The molecular formula is C14H20N2O3. The van der Waals surface area contributed by atoms with E-state index in [1.807, 2.05) is 32.9 Å². The van der Waals surface area contributed by atoms with Crippen molar-refractivity contribution in [2.24, 2.45) is 5.92 Å². The molecule has 104 valence electrons. The van der Waals surface area contributed by atoms with E-state index in [2.05, 4.69) is 5.32 Å². The van der Waals surface area contributed by atoms with Crippen LogP contribution >= 0.6 is 0 Å². The molecule has 0 aliphatic rings. The molecule has 0 bridgehead atoms. The standard InChI is InChI=1S/C14H20N2O3/c1-10(2)8-16(9-13(17)18)14(19)15-12-6-4-11(3)5-7-12/h4-7,10H,8-9H2,1-3H3,(H,15,19)(H,17,18). The number of aryl methyl sites for hydroxylation is 1. The molecule has 0 aliphatic carbocycles. The molecule has 5 heteroatoms. The quantitative estimate of drug-likeness (QED) is 0.858. The van der Waals surface area contributed by atoms with Crippen LogP contribution in [0.4, 0.5) is 10.5 Å². The van der Waals surface area contributed by atoms with E-state index in [-0.39, 0.29) is 18.5 Å². The maximum absolute atomic E-state index is 12.0. The maximum atomic E-state index is 12.0. The number of hydrogen-bond acceptors (Lipinski definition) is 2. The van der Waals surface area contributed by atoms with Crippen molar-refractivity contribution in [3.05, 3.63) is 29.8 Å². The zero-order valence-corrected chi connectivity index (χ0v) is 11.5. The Hall–Kier alpha value is -2.04. The van der Waals surface area contributed by atoms with E-state index < -0.39 is 5.97 Å². The molecule has 2 N–H and O–H groups in total. The molecule has 5 nitrogen and oxygen atoms in total. The summed E-state index contributed by atoms with van der Waals surface area (Å²) in [4.78, 5) is 24.1. The van der Waals surface area contributed by atoms with Crippen molar-refractivity contribution < 1.29 is 14.7 Å². The van der Waals surface area contributed by atoms with Crippen LogP contribution < -0.4 is 5.32 Å². The summed E-state index contributed by atoms with van der Waals surface area (Å²) in [6.45, 7) is 5.95. The van der Waals surface area contributed by atoms with Gasteiger partial charge in [0.1, 0.15) is 6.54 Å². The Labute approximate surface area is 113 Å². The van der Waals surface area contributed by atoms with E-state index in [9.17, 15) is 9.59 Å². The van der Waals surface area contributed by atoms with Gasteiger partial charge in [-0.15, -0.1) is 0 Å². The lowest BCUT2D eigenvalue weighted by atomic mass is 10.2. The van der Waals surface area contributed by atoms with Gasteiger partial charge in [0.05, 0.1) is 0 Å². The summed E-state index contributed by atoms with van der Waals surface area (Å²) >= 11 is 0. The Morgan fingerprint density at radius 3 is 2.32 bits per heavy atom. The Morgan fingerprint density at radius 1 is 1.26 bits per heavy atom. The average molecular weight is 264 g/mol. The molecule has 19 heavy (non-hydrogen) atoms. The highest BCUT2D eigenvalue weighted by Crippen LogP contribution is 2.10. The van der Waals surface area contributed by atoms with Crippen LogP contribution in [-0.2, 0) is 4.79 Å². The number of carboxylic acid groups (broad SMARTS) is 1. The zero-order valence-electron chi connectivity index (χ0n) is 11.5. The summed E-state index contributed by atoms with van der Waals surface area (Å²) in [5.41, 5.74) is 1.76. The second-order valence-corrected chi connectivity index (χ2v) is 4.96. The van der Waals surface area contributed by atoms with Crippen LogP contribution in [0.2, 0.25) is 0 Å². The second kappa shape index (κ2) is 6.78. The summed E-state index contributed by atoms with van der Waals surface area (Å²) in [6, 6.07) is 6.97. The molecule has 0 heterocycles. The van der Waals surface area contributed by atoms with Crippen molar-refractivity contribution in [1.82, 2.24) is 4.90 Å². The molecule has 0 saturated carbocycles. The lowest BCUT2D eigenvalue weighted by molar-refractivity contribution is -0.137. The molecule has 0 radical (unpaired) electrons. The van der Waals surface area contributed by atoms with Gasteiger partial charge in [-0.2, -0.15) is 0 Å². The van der Waals surface area contributed by atoms with E-state index in [0.717, 1.165) is 5.56 Å². The number of amides is 2. The van der Waals surface area contributed by atoms with E-state index in [1.54, 1.807) is 12.1 Å². The summed E-state index contributed by atoms with van der Waals surface area (Å²) in [7, 11) is 0. The second-order valence-electron chi connectivity index (χ2n) is 4.96. The summed E-state index contributed by atoms with van der Waals surface area (Å²) < 4.78 is 0. The normalized spacial score (nSPS) is 10.3. The number of nitrogens with zero attached hydrogens (tertiary/aromatic N) is 1. The highest BCUT2D eigenvalue weighted by atomic mass is 16.4. The predicted molar refractivity (Wildman–Crippen MR) is 74.2 cm³/mol. The van der Waals surface area contributed by atoms with Crippen LogP contribution in [0.3, 0.4) is 0 Å². The number of carbonyl (C=O) groups excluding carboxylic acids is 1. The Balaban J connectivity index is 2.70. The molecule has 1 aromatic rings. The van der Waals surface area contributed by atoms with Gasteiger partial charge in [-0.1, -0.05) is 31.5 Å². The first-order valence-electron chi connectivity index (χ1n) is 6.23. The highest BCUT2D eigenvalue weighted by Gasteiger charge is 2.17. The van der Waals surface area contributed by atoms with Crippen LogP contribution in [0, 0.1) is 12.8 Å². The van der Waals surface area contributed by atoms with Gasteiger partial charge in [0.15, 0.2) is 0 Å². The van der Waals surface area contributed by atoms with Gasteiger partial charge in [-0.05, 0) is 25.0 Å². The number of aliphatic carboxylic acids is 1. The lowest BCUT2D eigenvalue weighted by Gasteiger charge is -2.23. The maximum Gasteiger partial charge on any atom is 0.323 e. The molecule has 1 rings (SSSR count). The minimum absolute atomic E-state index is 0.211. The van der Waals surface area contributed by atoms with Gasteiger partial charge in [0.25, 0.3) is 0 Å². The first-order valence-corrected chi connectivity index (χ1v) is 6.23. The van der Waals surface area contributed by atoms with Crippen molar-refractivity contribution in [2.45, 2.75) is 20.8 Å². The number of hydrogen-bond donors (Lipinski definition) is 2. The highest BCUT2D eigenvalue weighted by molar-refractivity contribution is 5.91. The third-order valence-electron chi connectivity index (χ3n) is 2.50. The van der Waals surface area contributed by atoms with Crippen molar-refractivity contribution in [3.63, 3.8) is 0 Å². The number of benzene rings is 1. The smallest absolute Gasteiger partial charge is 0.323 e. The Morgan fingerprint density at radius 2 is 1.84 bits per heavy atom. The van der Waals surface area contributed by atoms with Crippen LogP contribution in [0.15, 0.2) is 24.3 Å². The summed E-state index contributed by atoms with van der Waals surface area (Å²) in [6.07, 6.45) is 0.